The lowest BCUT2D eigenvalue weighted by Crippen LogP contribution is -2.35. The Morgan fingerprint density at radius 3 is 2.41 bits per heavy atom. The quantitative estimate of drug-likeness (QED) is 0.834. The third-order valence-electron chi connectivity index (χ3n) is 4.55. The number of rotatable bonds is 3. The van der Waals surface area contributed by atoms with E-state index in [2.05, 4.69) is 36.5 Å². The van der Waals surface area contributed by atoms with Crippen LogP contribution >= 0.6 is 0 Å². The van der Waals surface area contributed by atoms with E-state index in [1.54, 1.807) is 11.1 Å². The summed E-state index contributed by atoms with van der Waals surface area (Å²) in [4.78, 5) is 0. The first-order chi connectivity index (χ1) is 8.38. The summed E-state index contributed by atoms with van der Waals surface area (Å²) in [6.45, 7) is 4.71. The lowest BCUT2D eigenvalue weighted by molar-refractivity contribution is 0.318. The van der Waals surface area contributed by atoms with E-state index in [4.69, 9.17) is 0 Å². The number of benzene rings is 1. The summed E-state index contributed by atoms with van der Waals surface area (Å²) in [6.07, 6.45) is 5.41. The van der Waals surface area contributed by atoms with Crippen molar-refractivity contribution in [1.82, 2.24) is 5.32 Å². The molecule has 1 aliphatic heterocycles. The molecule has 1 saturated carbocycles. The molecule has 17 heavy (non-hydrogen) atoms. The summed E-state index contributed by atoms with van der Waals surface area (Å²) in [5, 5.41) is 3.53. The van der Waals surface area contributed by atoms with Gasteiger partial charge in [0.2, 0.25) is 0 Å². The molecule has 1 heterocycles. The van der Waals surface area contributed by atoms with Crippen molar-refractivity contribution in [2.45, 2.75) is 44.4 Å². The van der Waals surface area contributed by atoms with E-state index < -0.39 is 0 Å². The number of piperidine rings is 1. The zero-order valence-electron chi connectivity index (χ0n) is 10.8. The highest BCUT2D eigenvalue weighted by atomic mass is 14.9. The molecular formula is C16H23N. The zero-order valence-corrected chi connectivity index (χ0v) is 10.8. The minimum Gasteiger partial charge on any atom is -0.316 e. The lowest BCUT2D eigenvalue weighted by atomic mass is 9.79. The SMILES string of the molecule is CCC1CNCCC1c1ccc(C2CC2)cc1. The first kappa shape index (κ1) is 11.3. The Bertz CT molecular complexity index is 364. The third-order valence-corrected chi connectivity index (χ3v) is 4.55. The maximum atomic E-state index is 3.53. The van der Waals surface area contributed by atoms with E-state index in [9.17, 15) is 0 Å². The summed E-state index contributed by atoms with van der Waals surface area (Å²) in [7, 11) is 0. The van der Waals surface area contributed by atoms with Gasteiger partial charge in [-0.25, -0.2) is 0 Å². The van der Waals surface area contributed by atoms with Gasteiger partial charge in [-0.15, -0.1) is 0 Å². The molecule has 1 N–H and O–H groups in total. The molecule has 0 spiro atoms. The Labute approximate surface area is 105 Å². The molecule has 0 amide bonds. The van der Waals surface area contributed by atoms with E-state index in [0.29, 0.717) is 0 Å². The molecule has 3 rings (SSSR count). The maximum absolute atomic E-state index is 3.53. The van der Waals surface area contributed by atoms with Crippen LogP contribution in [0.5, 0.6) is 0 Å². The molecule has 1 aromatic carbocycles. The van der Waals surface area contributed by atoms with Gasteiger partial charge < -0.3 is 5.32 Å². The Hall–Kier alpha value is -0.820. The molecule has 0 aromatic heterocycles. The van der Waals surface area contributed by atoms with Crippen LogP contribution in [0.3, 0.4) is 0 Å². The normalized spacial score (nSPS) is 29.2. The molecule has 2 fully saturated rings. The Morgan fingerprint density at radius 2 is 1.76 bits per heavy atom. The van der Waals surface area contributed by atoms with Crippen LogP contribution in [0.25, 0.3) is 0 Å². The predicted molar refractivity (Wildman–Crippen MR) is 72.4 cm³/mol. The van der Waals surface area contributed by atoms with Gasteiger partial charge in [0.05, 0.1) is 0 Å². The number of hydrogen-bond donors (Lipinski definition) is 1. The van der Waals surface area contributed by atoms with Crippen molar-refractivity contribution in [3.63, 3.8) is 0 Å². The minimum atomic E-state index is 0.787. The molecule has 2 aliphatic rings. The molecule has 1 saturated heterocycles. The summed E-state index contributed by atoms with van der Waals surface area (Å²) in [5.74, 6) is 2.50. The highest BCUT2D eigenvalue weighted by Crippen LogP contribution is 2.41. The second-order valence-electron chi connectivity index (χ2n) is 5.71. The van der Waals surface area contributed by atoms with Crippen LogP contribution in [-0.4, -0.2) is 13.1 Å². The fourth-order valence-electron chi connectivity index (χ4n) is 3.22. The Balaban J connectivity index is 1.76. The van der Waals surface area contributed by atoms with Crippen LogP contribution in [0, 0.1) is 5.92 Å². The highest BCUT2D eigenvalue weighted by Gasteiger charge is 2.26. The standard InChI is InChI=1S/C16H23N/c1-2-12-11-17-10-9-16(12)15-7-5-14(6-8-15)13-3-4-13/h5-8,12-13,16-17H,2-4,9-11H2,1H3. The number of nitrogens with one attached hydrogen (secondary N) is 1. The fourth-order valence-corrected chi connectivity index (χ4v) is 3.22. The van der Waals surface area contributed by atoms with Crippen LogP contribution in [0.4, 0.5) is 0 Å². The molecule has 1 aliphatic carbocycles. The first-order valence-corrected chi connectivity index (χ1v) is 7.19. The number of hydrogen-bond acceptors (Lipinski definition) is 1. The third kappa shape index (κ3) is 2.40. The van der Waals surface area contributed by atoms with Gasteiger partial charge in [-0.2, -0.15) is 0 Å². The van der Waals surface area contributed by atoms with Gasteiger partial charge in [-0.1, -0.05) is 37.6 Å². The van der Waals surface area contributed by atoms with Gasteiger partial charge in [0, 0.05) is 0 Å². The largest absolute Gasteiger partial charge is 0.316 e. The Kier molecular flexibility index (Phi) is 3.19. The van der Waals surface area contributed by atoms with Crippen molar-refractivity contribution in [3.05, 3.63) is 35.4 Å². The molecule has 2 unspecified atom stereocenters. The van der Waals surface area contributed by atoms with Crippen molar-refractivity contribution >= 4 is 0 Å². The molecule has 0 radical (unpaired) electrons. The van der Waals surface area contributed by atoms with Gasteiger partial charge in [0.1, 0.15) is 0 Å². The van der Waals surface area contributed by atoms with Gasteiger partial charge in [-0.05, 0) is 61.2 Å². The predicted octanol–water partition coefficient (Wildman–Crippen LogP) is 3.67. The molecule has 1 heteroatoms. The molecule has 1 aromatic rings. The van der Waals surface area contributed by atoms with Crippen LogP contribution in [0.15, 0.2) is 24.3 Å². The monoisotopic (exact) mass is 229 g/mol. The summed E-state index contributed by atoms with van der Waals surface area (Å²) >= 11 is 0. The lowest BCUT2D eigenvalue weighted by Gasteiger charge is -2.32. The van der Waals surface area contributed by atoms with Crippen molar-refractivity contribution in [3.8, 4) is 0 Å². The minimum absolute atomic E-state index is 0.787. The highest BCUT2D eigenvalue weighted by molar-refractivity contribution is 5.30. The zero-order chi connectivity index (χ0) is 11.7. The van der Waals surface area contributed by atoms with Gasteiger partial charge >= 0.3 is 0 Å². The average molecular weight is 229 g/mol. The van der Waals surface area contributed by atoms with E-state index in [1.807, 2.05) is 0 Å². The summed E-state index contributed by atoms with van der Waals surface area (Å²) in [6, 6.07) is 9.54. The Morgan fingerprint density at radius 1 is 1.06 bits per heavy atom. The molecule has 1 nitrogen and oxygen atoms in total. The molecule has 2 atom stereocenters. The van der Waals surface area contributed by atoms with Gasteiger partial charge in [-0.3, -0.25) is 0 Å². The van der Waals surface area contributed by atoms with E-state index in [-0.39, 0.29) is 0 Å². The van der Waals surface area contributed by atoms with Crippen LogP contribution in [0.1, 0.15) is 55.6 Å². The van der Waals surface area contributed by atoms with E-state index in [0.717, 1.165) is 17.8 Å². The fraction of sp³-hybridized carbons (Fsp3) is 0.625. The second-order valence-corrected chi connectivity index (χ2v) is 5.71. The van der Waals surface area contributed by atoms with Crippen LogP contribution in [-0.2, 0) is 0 Å². The van der Waals surface area contributed by atoms with Crippen LogP contribution < -0.4 is 5.32 Å². The van der Waals surface area contributed by atoms with Crippen LogP contribution in [0.2, 0.25) is 0 Å². The smallest absolute Gasteiger partial charge is 0.00148 e. The average Bonchev–Trinajstić information content (AvgIpc) is 3.23. The van der Waals surface area contributed by atoms with Crippen molar-refractivity contribution < 1.29 is 0 Å². The molecule has 92 valence electrons. The summed E-state index contributed by atoms with van der Waals surface area (Å²) < 4.78 is 0. The van der Waals surface area contributed by atoms with Gasteiger partial charge in [0.25, 0.3) is 0 Å². The van der Waals surface area contributed by atoms with Crippen molar-refractivity contribution in [2.24, 2.45) is 5.92 Å². The van der Waals surface area contributed by atoms with E-state index >= 15 is 0 Å². The first-order valence-electron chi connectivity index (χ1n) is 7.19. The molecule has 0 bridgehead atoms. The van der Waals surface area contributed by atoms with Crippen molar-refractivity contribution in [2.75, 3.05) is 13.1 Å². The molecular weight excluding hydrogens is 206 g/mol. The summed E-state index contributed by atoms with van der Waals surface area (Å²) in [5.41, 5.74) is 3.14. The van der Waals surface area contributed by atoms with Gasteiger partial charge in [0.15, 0.2) is 0 Å². The van der Waals surface area contributed by atoms with Crippen molar-refractivity contribution in [1.29, 1.82) is 0 Å². The van der Waals surface area contributed by atoms with E-state index in [1.165, 1.54) is 38.8 Å². The topological polar surface area (TPSA) is 12.0 Å². The second kappa shape index (κ2) is 4.81. The maximum Gasteiger partial charge on any atom is -0.00148 e.